The van der Waals surface area contributed by atoms with Gasteiger partial charge >= 0.3 is 0 Å². The van der Waals surface area contributed by atoms with Gasteiger partial charge in [0, 0.05) is 12.7 Å². The molecule has 0 aliphatic rings. The summed E-state index contributed by atoms with van der Waals surface area (Å²) in [6, 6.07) is 5.95. The van der Waals surface area contributed by atoms with Crippen LogP contribution in [-0.2, 0) is 6.54 Å². The van der Waals surface area contributed by atoms with Crippen LogP contribution in [0, 0.1) is 18.3 Å². The normalized spacial score (nSPS) is 12.1. The van der Waals surface area contributed by atoms with Crippen molar-refractivity contribution < 1.29 is 0 Å². The number of nitrogens with zero attached hydrogens (tertiary/aromatic N) is 2. The van der Waals surface area contributed by atoms with Crippen LogP contribution in [0.2, 0.25) is 0 Å². The third-order valence-corrected chi connectivity index (χ3v) is 1.76. The van der Waals surface area contributed by atoms with Crippen LogP contribution >= 0.6 is 0 Å². The molecular weight excluding hydrogens is 162 g/mol. The number of hydrogen-bond acceptors (Lipinski definition) is 3. The highest BCUT2D eigenvalue weighted by molar-refractivity contribution is 5.14. The minimum Gasteiger partial charge on any atom is -0.296 e. The Morgan fingerprint density at radius 3 is 3.08 bits per heavy atom. The highest BCUT2D eigenvalue weighted by atomic mass is 14.9. The molecule has 1 aromatic rings. The maximum Gasteiger partial charge on any atom is 0.0927 e. The van der Waals surface area contributed by atoms with Crippen molar-refractivity contribution in [3.8, 4) is 6.07 Å². The zero-order valence-corrected chi connectivity index (χ0v) is 7.91. The quantitative estimate of drug-likeness (QED) is 0.755. The van der Waals surface area contributed by atoms with Crippen LogP contribution in [0.1, 0.15) is 18.2 Å². The molecule has 0 aliphatic carbocycles. The summed E-state index contributed by atoms with van der Waals surface area (Å²) in [5.41, 5.74) is 2.17. The number of aryl methyl sites for hydroxylation is 1. The van der Waals surface area contributed by atoms with Crippen molar-refractivity contribution in [1.82, 2.24) is 10.3 Å². The van der Waals surface area contributed by atoms with Gasteiger partial charge in [-0.25, -0.2) is 0 Å². The van der Waals surface area contributed by atoms with Crippen LogP contribution in [0.3, 0.4) is 0 Å². The zero-order chi connectivity index (χ0) is 9.68. The van der Waals surface area contributed by atoms with Gasteiger partial charge in [-0.2, -0.15) is 5.26 Å². The second-order valence-corrected chi connectivity index (χ2v) is 3.06. The third kappa shape index (κ3) is 3.22. The van der Waals surface area contributed by atoms with Crippen molar-refractivity contribution in [3.63, 3.8) is 0 Å². The van der Waals surface area contributed by atoms with E-state index in [9.17, 15) is 0 Å². The monoisotopic (exact) mass is 175 g/mol. The summed E-state index contributed by atoms with van der Waals surface area (Å²) in [6.45, 7) is 4.51. The van der Waals surface area contributed by atoms with E-state index in [1.54, 1.807) is 6.20 Å². The van der Waals surface area contributed by atoms with Crippen molar-refractivity contribution in [2.24, 2.45) is 0 Å². The van der Waals surface area contributed by atoms with E-state index in [1.807, 2.05) is 26.0 Å². The molecule has 0 aromatic carbocycles. The molecule has 1 unspecified atom stereocenters. The smallest absolute Gasteiger partial charge is 0.0927 e. The highest BCUT2D eigenvalue weighted by Crippen LogP contribution is 1.99. The average molecular weight is 175 g/mol. The second-order valence-electron chi connectivity index (χ2n) is 3.06. The zero-order valence-electron chi connectivity index (χ0n) is 7.91. The SMILES string of the molecule is Cc1ccnc(CNC(C)C#N)c1. The molecule has 1 rings (SSSR count). The van der Waals surface area contributed by atoms with Crippen molar-refractivity contribution in [1.29, 1.82) is 5.26 Å². The van der Waals surface area contributed by atoms with E-state index in [0.717, 1.165) is 5.69 Å². The molecule has 68 valence electrons. The topological polar surface area (TPSA) is 48.7 Å². The Bertz CT molecular complexity index is 314. The summed E-state index contributed by atoms with van der Waals surface area (Å²) in [4.78, 5) is 4.17. The molecule has 1 N–H and O–H groups in total. The lowest BCUT2D eigenvalue weighted by molar-refractivity contribution is 0.632. The van der Waals surface area contributed by atoms with E-state index >= 15 is 0 Å². The van der Waals surface area contributed by atoms with Crippen molar-refractivity contribution in [2.45, 2.75) is 26.4 Å². The van der Waals surface area contributed by atoms with Gasteiger partial charge in [-0.1, -0.05) is 0 Å². The molecule has 3 heteroatoms. The first kappa shape index (κ1) is 9.69. The molecule has 3 nitrogen and oxygen atoms in total. The molecule has 0 fully saturated rings. The molecule has 1 atom stereocenters. The van der Waals surface area contributed by atoms with Gasteiger partial charge in [-0.05, 0) is 31.5 Å². The van der Waals surface area contributed by atoms with E-state index < -0.39 is 0 Å². The van der Waals surface area contributed by atoms with Gasteiger partial charge in [0.2, 0.25) is 0 Å². The van der Waals surface area contributed by atoms with Crippen LogP contribution in [0.5, 0.6) is 0 Å². The molecule has 0 saturated carbocycles. The summed E-state index contributed by atoms with van der Waals surface area (Å²) in [5, 5.41) is 11.6. The Balaban J connectivity index is 2.51. The van der Waals surface area contributed by atoms with Crippen LogP contribution in [0.25, 0.3) is 0 Å². The van der Waals surface area contributed by atoms with Gasteiger partial charge in [0.1, 0.15) is 0 Å². The van der Waals surface area contributed by atoms with Gasteiger partial charge in [-0.15, -0.1) is 0 Å². The molecule has 0 aliphatic heterocycles. The number of hydrogen-bond donors (Lipinski definition) is 1. The molecule has 1 aromatic heterocycles. The lowest BCUT2D eigenvalue weighted by atomic mass is 10.2. The molecule has 0 radical (unpaired) electrons. The van der Waals surface area contributed by atoms with E-state index in [1.165, 1.54) is 5.56 Å². The Kier molecular flexibility index (Phi) is 3.41. The summed E-state index contributed by atoms with van der Waals surface area (Å²) < 4.78 is 0. The van der Waals surface area contributed by atoms with Gasteiger partial charge < -0.3 is 0 Å². The van der Waals surface area contributed by atoms with Gasteiger partial charge in [0.25, 0.3) is 0 Å². The number of nitriles is 1. The first-order chi connectivity index (χ1) is 6.22. The Morgan fingerprint density at radius 2 is 2.46 bits per heavy atom. The molecule has 0 spiro atoms. The van der Waals surface area contributed by atoms with Crippen LogP contribution in [-0.4, -0.2) is 11.0 Å². The summed E-state index contributed by atoms with van der Waals surface area (Å²) in [7, 11) is 0. The third-order valence-electron chi connectivity index (χ3n) is 1.76. The van der Waals surface area contributed by atoms with E-state index in [2.05, 4.69) is 16.4 Å². The van der Waals surface area contributed by atoms with Crippen molar-refractivity contribution in [3.05, 3.63) is 29.6 Å². The van der Waals surface area contributed by atoms with Gasteiger partial charge in [-0.3, -0.25) is 10.3 Å². The molecule has 1 heterocycles. The standard InChI is InChI=1S/C10H13N3/c1-8-3-4-12-10(5-8)7-13-9(2)6-11/h3-5,9,13H,7H2,1-2H3. The largest absolute Gasteiger partial charge is 0.296 e. The maximum absolute atomic E-state index is 8.53. The van der Waals surface area contributed by atoms with Gasteiger partial charge in [0.05, 0.1) is 17.8 Å². The first-order valence-electron chi connectivity index (χ1n) is 4.27. The van der Waals surface area contributed by atoms with Crippen LogP contribution < -0.4 is 5.32 Å². The molecule has 0 amide bonds. The van der Waals surface area contributed by atoms with Crippen LogP contribution in [0.15, 0.2) is 18.3 Å². The van der Waals surface area contributed by atoms with E-state index in [-0.39, 0.29) is 6.04 Å². The Hall–Kier alpha value is -1.40. The van der Waals surface area contributed by atoms with Gasteiger partial charge in [0.15, 0.2) is 0 Å². The predicted molar refractivity (Wildman–Crippen MR) is 50.9 cm³/mol. The minimum absolute atomic E-state index is 0.123. The number of pyridine rings is 1. The van der Waals surface area contributed by atoms with E-state index in [4.69, 9.17) is 5.26 Å². The summed E-state index contributed by atoms with van der Waals surface area (Å²) in [6.07, 6.45) is 1.78. The molecule has 0 saturated heterocycles. The maximum atomic E-state index is 8.53. The number of aromatic nitrogens is 1. The minimum atomic E-state index is -0.123. The van der Waals surface area contributed by atoms with Crippen molar-refractivity contribution in [2.75, 3.05) is 0 Å². The molecule has 13 heavy (non-hydrogen) atoms. The fourth-order valence-electron chi connectivity index (χ4n) is 0.999. The average Bonchev–Trinajstić information content (AvgIpc) is 2.14. The summed E-state index contributed by atoms with van der Waals surface area (Å²) >= 11 is 0. The number of rotatable bonds is 3. The lowest BCUT2D eigenvalue weighted by Gasteiger charge is -2.05. The first-order valence-corrected chi connectivity index (χ1v) is 4.27. The molecular formula is C10H13N3. The van der Waals surface area contributed by atoms with Crippen molar-refractivity contribution >= 4 is 0 Å². The lowest BCUT2D eigenvalue weighted by Crippen LogP contribution is -2.23. The van der Waals surface area contributed by atoms with Crippen LogP contribution in [0.4, 0.5) is 0 Å². The molecule has 0 bridgehead atoms. The summed E-state index contributed by atoms with van der Waals surface area (Å²) in [5.74, 6) is 0. The second kappa shape index (κ2) is 4.58. The fourth-order valence-corrected chi connectivity index (χ4v) is 0.999. The Morgan fingerprint density at radius 1 is 1.69 bits per heavy atom. The fraction of sp³-hybridized carbons (Fsp3) is 0.400. The number of nitrogens with one attached hydrogen (secondary N) is 1. The predicted octanol–water partition coefficient (Wildman–Crippen LogP) is 1.39. The highest BCUT2D eigenvalue weighted by Gasteiger charge is 1.98. The van der Waals surface area contributed by atoms with E-state index in [0.29, 0.717) is 6.54 Å². The Labute approximate surface area is 78.4 Å².